The van der Waals surface area contributed by atoms with Crippen molar-refractivity contribution in [2.45, 2.75) is 122 Å². The molecule has 0 amide bonds. The molecule has 0 N–H and O–H groups in total. The lowest BCUT2D eigenvalue weighted by Gasteiger charge is -2.36. The van der Waals surface area contributed by atoms with Gasteiger partial charge in [0, 0.05) is 0 Å². The Morgan fingerprint density at radius 2 is 1.21 bits per heavy atom. The van der Waals surface area contributed by atoms with Crippen molar-refractivity contribution in [2.75, 3.05) is 0 Å². The van der Waals surface area contributed by atoms with Crippen molar-refractivity contribution in [3.8, 4) is 0 Å². The maximum absolute atomic E-state index is 2.42. The molecule has 0 saturated heterocycles. The maximum Gasteiger partial charge on any atom is -0.0324 e. The van der Waals surface area contributed by atoms with Crippen molar-refractivity contribution in [1.82, 2.24) is 0 Å². The highest BCUT2D eigenvalue weighted by Gasteiger charge is 2.29. The van der Waals surface area contributed by atoms with Crippen LogP contribution in [0.25, 0.3) is 0 Å². The Hall–Kier alpha value is 0. The van der Waals surface area contributed by atoms with Crippen molar-refractivity contribution in [2.24, 2.45) is 35.0 Å². The smallest absolute Gasteiger partial charge is 0.0324 e. The van der Waals surface area contributed by atoms with Crippen LogP contribution in [0.3, 0.4) is 0 Å². The van der Waals surface area contributed by atoms with Gasteiger partial charge in [-0.3, -0.25) is 0 Å². The zero-order chi connectivity index (χ0) is 18.6. The zero-order valence-electron chi connectivity index (χ0n) is 18.6. The molecule has 0 aromatic rings. The Labute approximate surface area is 157 Å². The van der Waals surface area contributed by atoms with Crippen LogP contribution in [0.15, 0.2) is 0 Å². The summed E-state index contributed by atoms with van der Waals surface area (Å²) in [6.07, 6.45) is 8.09. The fraction of sp³-hybridized carbons (Fsp3) is 1.00. The molecule has 150 valence electrons. The minimum Gasteiger partial charge on any atom is -0.0776 e. The summed E-state index contributed by atoms with van der Waals surface area (Å²) in [5.41, 5.74) is 0.539. The van der Waals surface area contributed by atoms with E-state index < -0.39 is 0 Å². The summed E-state index contributed by atoms with van der Waals surface area (Å²) < 4.78 is 0. The highest BCUT2D eigenvalue weighted by molar-refractivity contribution is 4.79. The van der Waals surface area contributed by atoms with E-state index in [2.05, 4.69) is 76.2 Å². The molecular weight excluding hydrogens is 288 g/mol. The summed E-state index contributed by atoms with van der Waals surface area (Å²) in [6, 6.07) is 0. The van der Waals surface area contributed by atoms with Crippen LogP contribution in [-0.4, -0.2) is 0 Å². The van der Waals surface area contributed by atoms with Gasteiger partial charge in [0.25, 0.3) is 0 Å². The third kappa shape index (κ3) is 11.5. The quantitative estimate of drug-likeness (QED) is 0.371. The van der Waals surface area contributed by atoms with Crippen molar-refractivity contribution in [1.29, 1.82) is 0 Å². The first-order valence-corrected chi connectivity index (χ1v) is 10.6. The molecular formula is C24H54. The minimum absolute atomic E-state index is 0. The van der Waals surface area contributed by atoms with Crippen molar-refractivity contribution < 1.29 is 0 Å². The molecule has 0 bridgehead atoms. The molecule has 0 spiro atoms. The summed E-state index contributed by atoms with van der Waals surface area (Å²) in [7, 11) is 0. The second-order valence-corrected chi connectivity index (χ2v) is 9.08. The van der Waals surface area contributed by atoms with E-state index in [1.165, 1.54) is 38.5 Å². The molecule has 0 heteroatoms. The molecule has 0 aliphatic rings. The normalized spacial score (nSPS) is 15.4. The SMILES string of the molecule is C.CCCC(C)(C)C(CC)C(C)C.CCCC(C)C(CC)C(C)C. The van der Waals surface area contributed by atoms with E-state index in [4.69, 9.17) is 0 Å². The van der Waals surface area contributed by atoms with Gasteiger partial charge >= 0.3 is 0 Å². The summed E-state index contributed by atoms with van der Waals surface area (Å²) in [5, 5.41) is 0. The summed E-state index contributed by atoms with van der Waals surface area (Å²) in [5.74, 6) is 4.44. The third-order valence-electron chi connectivity index (χ3n) is 5.95. The summed E-state index contributed by atoms with van der Waals surface area (Å²) >= 11 is 0. The first-order valence-electron chi connectivity index (χ1n) is 10.6. The number of rotatable bonds is 10. The van der Waals surface area contributed by atoms with Gasteiger partial charge < -0.3 is 0 Å². The molecule has 0 aromatic carbocycles. The summed E-state index contributed by atoms with van der Waals surface area (Å²) in [4.78, 5) is 0. The van der Waals surface area contributed by atoms with Gasteiger partial charge in [-0.15, -0.1) is 0 Å². The molecule has 3 unspecified atom stereocenters. The fourth-order valence-corrected chi connectivity index (χ4v) is 4.96. The second-order valence-electron chi connectivity index (χ2n) is 9.08. The second kappa shape index (κ2) is 15.3. The number of hydrogen-bond acceptors (Lipinski definition) is 0. The van der Waals surface area contributed by atoms with E-state index in [-0.39, 0.29) is 7.43 Å². The monoisotopic (exact) mass is 342 g/mol. The van der Waals surface area contributed by atoms with Crippen LogP contribution in [-0.2, 0) is 0 Å². The van der Waals surface area contributed by atoms with Crippen LogP contribution in [0.2, 0.25) is 0 Å². The lowest BCUT2D eigenvalue weighted by Crippen LogP contribution is -2.27. The molecule has 0 radical (unpaired) electrons. The molecule has 0 rings (SSSR count). The van der Waals surface area contributed by atoms with Crippen LogP contribution >= 0.6 is 0 Å². The fourth-order valence-electron chi connectivity index (χ4n) is 4.96. The Kier molecular flexibility index (Phi) is 18.3. The first-order chi connectivity index (χ1) is 10.6. The molecule has 0 saturated carbocycles. The van der Waals surface area contributed by atoms with Gasteiger partial charge in [-0.2, -0.15) is 0 Å². The van der Waals surface area contributed by atoms with Crippen molar-refractivity contribution in [3.05, 3.63) is 0 Å². The lowest BCUT2D eigenvalue weighted by molar-refractivity contribution is 0.137. The molecule has 3 atom stereocenters. The molecule has 0 aromatic heterocycles. The van der Waals surface area contributed by atoms with Crippen LogP contribution in [0, 0.1) is 35.0 Å². The maximum atomic E-state index is 2.42. The van der Waals surface area contributed by atoms with Gasteiger partial charge in [0.2, 0.25) is 0 Å². The van der Waals surface area contributed by atoms with Crippen molar-refractivity contribution >= 4 is 0 Å². The Morgan fingerprint density at radius 3 is 1.46 bits per heavy atom. The summed E-state index contributed by atoms with van der Waals surface area (Å²) in [6.45, 7) is 25.8. The zero-order valence-corrected chi connectivity index (χ0v) is 18.6. The Morgan fingerprint density at radius 1 is 0.708 bits per heavy atom. The molecule has 0 aliphatic heterocycles. The predicted molar refractivity (Wildman–Crippen MR) is 117 cm³/mol. The molecule has 0 aliphatic carbocycles. The van der Waals surface area contributed by atoms with E-state index in [0.717, 1.165) is 29.6 Å². The van der Waals surface area contributed by atoms with Gasteiger partial charge in [-0.1, -0.05) is 116 Å². The van der Waals surface area contributed by atoms with Crippen LogP contribution in [0.4, 0.5) is 0 Å². The molecule has 24 heavy (non-hydrogen) atoms. The Bertz CT molecular complexity index is 249. The highest BCUT2D eigenvalue weighted by atomic mass is 14.3. The van der Waals surface area contributed by atoms with E-state index in [1.54, 1.807) is 0 Å². The van der Waals surface area contributed by atoms with Gasteiger partial charge in [0.1, 0.15) is 0 Å². The van der Waals surface area contributed by atoms with Crippen LogP contribution in [0.5, 0.6) is 0 Å². The van der Waals surface area contributed by atoms with Gasteiger partial charge in [-0.25, -0.2) is 0 Å². The van der Waals surface area contributed by atoms with E-state index in [9.17, 15) is 0 Å². The standard InChI is InChI=1S/C12H26.C11H24.CH4/c1-7-9-12(5,6)11(8-2)10(3)4;1-6-8-10(5)11(7-2)9(3)4;/h10-11H,7-9H2,1-6H3;9-11H,6-8H2,1-5H3;1H4. The Balaban J connectivity index is -0.000000354. The van der Waals surface area contributed by atoms with E-state index in [0.29, 0.717) is 5.41 Å². The minimum atomic E-state index is 0. The topological polar surface area (TPSA) is 0 Å². The average molecular weight is 343 g/mol. The van der Waals surface area contributed by atoms with Crippen molar-refractivity contribution in [3.63, 3.8) is 0 Å². The molecule has 0 fully saturated rings. The van der Waals surface area contributed by atoms with E-state index in [1.807, 2.05) is 0 Å². The lowest BCUT2D eigenvalue weighted by atomic mass is 9.69. The third-order valence-corrected chi connectivity index (χ3v) is 5.95. The molecule has 0 nitrogen and oxygen atoms in total. The largest absolute Gasteiger partial charge is 0.0776 e. The average Bonchev–Trinajstić information content (AvgIpc) is 2.39. The predicted octanol–water partition coefficient (Wildman–Crippen LogP) is 9.24. The van der Waals surface area contributed by atoms with Gasteiger partial charge in [0.15, 0.2) is 0 Å². The molecule has 0 heterocycles. The highest BCUT2D eigenvalue weighted by Crippen LogP contribution is 2.38. The van der Waals surface area contributed by atoms with Gasteiger partial charge in [-0.05, 0) is 41.4 Å². The van der Waals surface area contributed by atoms with Crippen LogP contribution in [0.1, 0.15) is 122 Å². The van der Waals surface area contributed by atoms with Gasteiger partial charge in [0.05, 0.1) is 0 Å². The number of hydrogen-bond donors (Lipinski definition) is 0. The first kappa shape index (κ1) is 28.8. The van der Waals surface area contributed by atoms with E-state index >= 15 is 0 Å². The van der Waals surface area contributed by atoms with Crippen LogP contribution < -0.4 is 0 Å².